The van der Waals surface area contributed by atoms with Gasteiger partial charge in [0.1, 0.15) is 11.3 Å². The molecule has 1 saturated carbocycles. The Hall–Kier alpha value is -2.98. The van der Waals surface area contributed by atoms with Crippen LogP contribution in [0.1, 0.15) is 87.3 Å². The largest absolute Gasteiger partial charge is 0.444 e. The maximum Gasteiger partial charge on any atom is 0.412 e. The van der Waals surface area contributed by atoms with Crippen molar-refractivity contribution in [3.8, 4) is 0 Å². The number of pyridine rings is 1. The van der Waals surface area contributed by atoms with E-state index in [0.29, 0.717) is 24.5 Å². The predicted octanol–water partition coefficient (Wildman–Crippen LogP) is 5.86. The summed E-state index contributed by atoms with van der Waals surface area (Å²) in [5.74, 6) is -0.140. The molecule has 9 nitrogen and oxygen atoms in total. The first kappa shape index (κ1) is 30.0. The molecule has 1 saturated heterocycles. The van der Waals surface area contributed by atoms with E-state index >= 15 is 0 Å². The number of ether oxygens (including phenoxy) is 1. The Morgan fingerprint density at radius 2 is 1.85 bits per heavy atom. The molecule has 0 atom stereocenters. The van der Waals surface area contributed by atoms with Gasteiger partial charge in [-0.05, 0) is 95.1 Å². The number of carbonyl (C=O) groups is 3. The highest BCUT2D eigenvalue weighted by Gasteiger charge is 2.23. The zero-order valence-electron chi connectivity index (χ0n) is 24.0. The fraction of sp³-hybridized carbons (Fsp3) is 0.600. The third kappa shape index (κ3) is 9.30. The van der Waals surface area contributed by atoms with Gasteiger partial charge in [0.25, 0.3) is 0 Å². The van der Waals surface area contributed by atoms with Crippen LogP contribution in [-0.2, 0) is 17.7 Å². The van der Waals surface area contributed by atoms with Gasteiger partial charge in [-0.15, -0.1) is 11.3 Å². The molecule has 3 amide bonds. The van der Waals surface area contributed by atoms with E-state index in [1.807, 2.05) is 16.3 Å². The van der Waals surface area contributed by atoms with Crippen LogP contribution in [0.4, 0.5) is 15.3 Å². The number of ketones is 1. The number of thiophene rings is 1. The molecule has 40 heavy (non-hydrogen) atoms. The average Bonchev–Trinajstić information content (AvgIpc) is 3.67. The zero-order valence-corrected chi connectivity index (χ0v) is 24.9. The van der Waals surface area contributed by atoms with Gasteiger partial charge in [-0.25, -0.2) is 9.59 Å². The summed E-state index contributed by atoms with van der Waals surface area (Å²) in [4.78, 5) is 47.1. The van der Waals surface area contributed by atoms with Crippen molar-refractivity contribution >= 4 is 34.9 Å². The fourth-order valence-electron chi connectivity index (χ4n) is 5.23. The first-order chi connectivity index (χ1) is 19.2. The fourth-order valence-corrected chi connectivity index (χ4v) is 6.02. The molecule has 2 aromatic rings. The summed E-state index contributed by atoms with van der Waals surface area (Å²) in [5.41, 5.74) is 1.93. The van der Waals surface area contributed by atoms with Crippen LogP contribution in [0.3, 0.4) is 0 Å². The van der Waals surface area contributed by atoms with Gasteiger partial charge >= 0.3 is 12.1 Å². The molecule has 4 rings (SSSR count). The highest BCUT2D eigenvalue weighted by atomic mass is 32.1. The molecule has 0 radical (unpaired) electrons. The van der Waals surface area contributed by atoms with Crippen LogP contribution in [0.25, 0.3) is 0 Å². The summed E-state index contributed by atoms with van der Waals surface area (Å²) >= 11 is 1.41. The highest BCUT2D eigenvalue weighted by molar-refractivity contribution is 7.08. The lowest BCUT2D eigenvalue weighted by molar-refractivity contribution is 0.0635. The number of rotatable bonds is 11. The van der Waals surface area contributed by atoms with Crippen molar-refractivity contribution in [3.63, 3.8) is 0 Å². The number of hydrogen-bond acceptors (Lipinski definition) is 7. The van der Waals surface area contributed by atoms with Gasteiger partial charge < -0.3 is 19.9 Å². The molecule has 2 N–H and O–H groups in total. The predicted molar refractivity (Wildman–Crippen MR) is 158 cm³/mol. The van der Waals surface area contributed by atoms with Crippen molar-refractivity contribution in [1.82, 2.24) is 20.1 Å². The number of anilines is 1. The molecule has 1 aliphatic heterocycles. The summed E-state index contributed by atoms with van der Waals surface area (Å²) in [6.45, 7) is 9.85. The molecule has 2 aliphatic rings. The Morgan fingerprint density at radius 3 is 2.52 bits per heavy atom. The quantitative estimate of drug-likeness (QED) is 0.329. The molecule has 2 fully saturated rings. The Balaban J connectivity index is 1.34. The second-order valence-corrected chi connectivity index (χ2v) is 12.6. The lowest BCUT2D eigenvalue weighted by Crippen LogP contribution is -2.44. The Kier molecular flexibility index (Phi) is 10.6. The van der Waals surface area contributed by atoms with Crippen molar-refractivity contribution in [2.45, 2.75) is 90.3 Å². The van der Waals surface area contributed by atoms with Crippen LogP contribution in [0, 0.1) is 0 Å². The number of Topliss-reactive ketones (excluding diaryl/α,β-unsaturated/α-hetero) is 1. The lowest BCUT2D eigenvalue weighted by atomic mass is 10.1. The molecular formula is C30H43N5O4S. The average molecular weight is 570 g/mol. The van der Waals surface area contributed by atoms with Crippen LogP contribution >= 0.6 is 11.3 Å². The molecule has 0 spiro atoms. The van der Waals surface area contributed by atoms with Gasteiger partial charge in [0.2, 0.25) is 0 Å². The van der Waals surface area contributed by atoms with Gasteiger partial charge in [0.05, 0.1) is 5.69 Å². The van der Waals surface area contributed by atoms with Crippen molar-refractivity contribution in [2.75, 3.05) is 31.5 Å². The molecule has 0 unspecified atom stereocenters. The number of aromatic nitrogens is 1. The van der Waals surface area contributed by atoms with E-state index in [0.717, 1.165) is 50.0 Å². The van der Waals surface area contributed by atoms with E-state index in [4.69, 9.17) is 4.74 Å². The van der Waals surface area contributed by atoms with E-state index < -0.39 is 11.7 Å². The molecule has 218 valence electrons. The second-order valence-electron chi connectivity index (χ2n) is 11.8. The van der Waals surface area contributed by atoms with E-state index in [1.54, 1.807) is 38.4 Å². The van der Waals surface area contributed by atoms with Crippen LogP contribution in [0.5, 0.6) is 0 Å². The van der Waals surface area contributed by atoms with Crippen LogP contribution in [0.2, 0.25) is 0 Å². The third-order valence-corrected chi connectivity index (χ3v) is 8.08. The van der Waals surface area contributed by atoms with Gasteiger partial charge in [0.15, 0.2) is 5.78 Å². The highest BCUT2D eigenvalue weighted by Crippen LogP contribution is 2.24. The van der Waals surface area contributed by atoms with Crippen molar-refractivity contribution in [1.29, 1.82) is 0 Å². The third-order valence-electron chi connectivity index (χ3n) is 7.28. The normalized spacial score (nSPS) is 16.2. The number of likely N-dealkylation sites (tertiary alicyclic amines) is 1. The maximum absolute atomic E-state index is 13.2. The van der Waals surface area contributed by atoms with Crippen LogP contribution in [0.15, 0.2) is 29.1 Å². The topological polar surface area (TPSA) is 104 Å². The first-order valence-corrected chi connectivity index (χ1v) is 15.4. The van der Waals surface area contributed by atoms with Gasteiger partial charge in [0, 0.05) is 37.1 Å². The van der Waals surface area contributed by atoms with Crippen molar-refractivity contribution in [2.24, 2.45) is 0 Å². The number of hydrogen-bond donors (Lipinski definition) is 2. The summed E-state index contributed by atoms with van der Waals surface area (Å²) in [6.07, 6.45) is 9.14. The van der Waals surface area contributed by atoms with E-state index in [-0.39, 0.29) is 24.3 Å². The molecule has 1 aliphatic carbocycles. The molecule has 10 heteroatoms. The van der Waals surface area contributed by atoms with E-state index in [2.05, 4.69) is 20.5 Å². The molecule has 0 aromatic carbocycles. The van der Waals surface area contributed by atoms with Crippen molar-refractivity contribution < 1.29 is 19.1 Å². The number of carbonyl (C=O) groups excluding carboxylic acids is 3. The molecular weight excluding hydrogens is 526 g/mol. The number of urea groups is 1. The number of nitrogens with zero attached hydrogens (tertiary/aromatic N) is 3. The van der Waals surface area contributed by atoms with Gasteiger partial charge in [-0.3, -0.25) is 15.1 Å². The lowest BCUT2D eigenvalue weighted by Gasteiger charge is -2.26. The summed E-state index contributed by atoms with van der Waals surface area (Å²) in [6, 6.07) is 3.85. The van der Waals surface area contributed by atoms with Crippen molar-refractivity contribution in [3.05, 3.63) is 45.9 Å². The molecule has 0 bridgehead atoms. The molecule has 3 heterocycles. The maximum atomic E-state index is 13.2. The second kappa shape index (κ2) is 14.1. The van der Waals surface area contributed by atoms with E-state index in [9.17, 15) is 14.4 Å². The smallest absolute Gasteiger partial charge is 0.412 e. The minimum atomic E-state index is -0.609. The molecule has 2 aromatic heterocycles. The minimum Gasteiger partial charge on any atom is -0.444 e. The summed E-state index contributed by atoms with van der Waals surface area (Å²) in [5, 5.41) is 9.60. The van der Waals surface area contributed by atoms with Gasteiger partial charge in [-0.2, -0.15) is 0 Å². The SMILES string of the molecule is CC(C)(C)OC(=O)Nc1cscc1CC(=O)c1ccc(CN(CCCN2CCCC2)C(=O)NC2CCCC2)cn1. The monoisotopic (exact) mass is 569 g/mol. The first-order valence-electron chi connectivity index (χ1n) is 14.5. The number of nitrogens with one attached hydrogen (secondary N) is 2. The van der Waals surface area contributed by atoms with Crippen LogP contribution < -0.4 is 10.6 Å². The Labute approximate surface area is 241 Å². The zero-order chi connectivity index (χ0) is 28.5. The summed E-state index contributed by atoms with van der Waals surface area (Å²) < 4.78 is 5.33. The Morgan fingerprint density at radius 1 is 1.10 bits per heavy atom. The van der Waals surface area contributed by atoms with Crippen LogP contribution in [-0.4, -0.2) is 70.5 Å². The standard InChI is InChI=1S/C30H43N5O4S/c1-30(2,3)39-29(38)33-26-21-40-20-23(26)17-27(36)25-12-11-22(18-31-25)19-35(16-8-15-34-13-6-7-14-34)28(37)32-24-9-4-5-10-24/h11-12,18,20-21,24H,4-10,13-17,19H2,1-3H3,(H,32,37)(H,33,38). The number of amides is 3. The van der Waals surface area contributed by atoms with E-state index in [1.165, 1.54) is 37.0 Å². The van der Waals surface area contributed by atoms with Gasteiger partial charge in [-0.1, -0.05) is 18.9 Å². The summed E-state index contributed by atoms with van der Waals surface area (Å²) in [7, 11) is 0. The minimum absolute atomic E-state index is 0.0176. The Bertz CT molecular complexity index is 1130.